The molecule has 5 nitrogen and oxygen atoms in total. The molecular formula is C15H24N4O. The minimum absolute atomic E-state index is 0.0500. The highest BCUT2D eigenvalue weighted by Gasteiger charge is 2.30. The molecule has 1 fully saturated rings. The molecule has 0 aromatic carbocycles. The first kappa shape index (κ1) is 14.9. The average molecular weight is 276 g/mol. The molecule has 0 radical (unpaired) electrons. The normalized spacial score (nSPS) is 20.4. The van der Waals surface area contributed by atoms with Crippen molar-refractivity contribution in [3.8, 4) is 0 Å². The van der Waals surface area contributed by atoms with Crippen molar-refractivity contribution in [1.29, 1.82) is 0 Å². The van der Waals surface area contributed by atoms with Crippen LogP contribution in [0.15, 0.2) is 24.5 Å². The number of rotatable bonds is 4. The second-order valence-electron chi connectivity index (χ2n) is 5.51. The fraction of sp³-hybridized carbons (Fsp3) is 0.600. The van der Waals surface area contributed by atoms with E-state index in [0.717, 1.165) is 25.9 Å². The van der Waals surface area contributed by atoms with E-state index in [4.69, 9.17) is 5.73 Å². The molecule has 0 spiro atoms. The molecule has 20 heavy (non-hydrogen) atoms. The zero-order valence-corrected chi connectivity index (χ0v) is 12.2. The minimum Gasteiger partial charge on any atom is -0.359 e. The van der Waals surface area contributed by atoms with Crippen LogP contribution in [0.25, 0.3) is 0 Å². The number of likely N-dealkylation sites (tertiary alicyclic amines) is 1. The topological polar surface area (TPSA) is 71.2 Å². The van der Waals surface area contributed by atoms with Crippen LogP contribution < -0.4 is 11.1 Å². The van der Waals surface area contributed by atoms with Crippen molar-refractivity contribution in [3.63, 3.8) is 0 Å². The van der Waals surface area contributed by atoms with Gasteiger partial charge in [0.05, 0.1) is 0 Å². The van der Waals surface area contributed by atoms with Crippen molar-refractivity contribution in [1.82, 2.24) is 15.2 Å². The Kier molecular flexibility index (Phi) is 5.09. The Morgan fingerprint density at radius 3 is 2.50 bits per heavy atom. The average Bonchev–Trinajstić information content (AvgIpc) is 2.48. The van der Waals surface area contributed by atoms with E-state index >= 15 is 0 Å². The Labute approximate surface area is 120 Å². The van der Waals surface area contributed by atoms with Gasteiger partial charge in [0.1, 0.15) is 0 Å². The maximum atomic E-state index is 11.7. The van der Waals surface area contributed by atoms with Gasteiger partial charge in [0, 0.05) is 37.4 Å². The van der Waals surface area contributed by atoms with Gasteiger partial charge in [-0.1, -0.05) is 0 Å². The summed E-state index contributed by atoms with van der Waals surface area (Å²) in [6.45, 7) is 3.86. The van der Waals surface area contributed by atoms with Gasteiger partial charge in [0.15, 0.2) is 0 Å². The number of aromatic nitrogens is 1. The molecule has 1 aliphatic rings. The van der Waals surface area contributed by atoms with E-state index in [1.807, 2.05) is 31.5 Å². The number of hydrogen-bond acceptors (Lipinski definition) is 4. The fourth-order valence-corrected chi connectivity index (χ4v) is 3.05. The number of nitrogens with one attached hydrogen (secondary N) is 1. The molecule has 1 aromatic rings. The number of nitrogens with two attached hydrogens (primary N) is 1. The number of hydrogen-bond donors (Lipinski definition) is 2. The summed E-state index contributed by atoms with van der Waals surface area (Å²) in [5, 5.41) is 2.74. The summed E-state index contributed by atoms with van der Waals surface area (Å²) in [6, 6.07) is 4.30. The Balaban J connectivity index is 2.05. The van der Waals surface area contributed by atoms with E-state index in [-0.39, 0.29) is 23.9 Å². The second kappa shape index (κ2) is 6.81. The van der Waals surface area contributed by atoms with Crippen molar-refractivity contribution in [2.45, 2.75) is 31.8 Å². The maximum absolute atomic E-state index is 11.7. The van der Waals surface area contributed by atoms with Gasteiger partial charge in [-0.15, -0.1) is 0 Å². The SMILES string of the molecule is CNC(=O)C1CCN(C(c2ccncc2)C(C)N)CC1. The van der Waals surface area contributed by atoms with Crippen molar-refractivity contribution < 1.29 is 4.79 Å². The quantitative estimate of drug-likeness (QED) is 0.858. The van der Waals surface area contributed by atoms with Gasteiger partial charge in [0.25, 0.3) is 0 Å². The fourth-order valence-electron chi connectivity index (χ4n) is 3.05. The number of piperidine rings is 1. The first-order valence-corrected chi connectivity index (χ1v) is 7.24. The number of pyridine rings is 1. The Hall–Kier alpha value is -1.46. The van der Waals surface area contributed by atoms with E-state index in [1.165, 1.54) is 5.56 Å². The lowest BCUT2D eigenvalue weighted by Crippen LogP contribution is -2.45. The second-order valence-corrected chi connectivity index (χ2v) is 5.51. The van der Waals surface area contributed by atoms with Crippen LogP contribution in [-0.4, -0.2) is 42.0 Å². The van der Waals surface area contributed by atoms with Crippen LogP contribution in [0.2, 0.25) is 0 Å². The van der Waals surface area contributed by atoms with Gasteiger partial charge >= 0.3 is 0 Å². The Bertz CT molecular complexity index is 427. The summed E-state index contributed by atoms with van der Waals surface area (Å²) in [6.07, 6.45) is 5.41. The van der Waals surface area contributed by atoms with Gasteiger partial charge < -0.3 is 11.1 Å². The molecule has 2 rings (SSSR count). The Morgan fingerprint density at radius 2 is 2.00 bits per heavy atom. The van der Waals surface area contributed by atoms with Crippen molar-refractivity contribution in [2.24, 2.45) is 11.7 Å². The predicted molar refractivity (Wildman–Crippen MR) is 79.0 cm³/mol. The number of amides is 1. The predicted octanol–water partition coefficient (Wildman–Crippen LogP) is 0.928. The third-order valence-electron chi connectivity index (χ3n) is 4.09. The van der Waals surface area contributed by atoms with Crippen molar-refractivity contribution in [2.75, 3.05) is 20.1 Å². The summed E-state index contributed by atoms with van der Waals surface area (Å²) in [5.41, 5.74) is 7.38. The van der Waals surface area contributed by atoms with Gasteiger partial charge in [-0.05, 0) is 50.6 Å². The zero-order valence-electron chi connectivity index (χ0n) is 12.2. The van der Waals surface area contributed by atoms with E-state index < -0.39 is 0 Å². The molecule has 0 bridgehead atoms. The third kappa shape index (κ3) is 3.35. The van der Waals surface area contributed by atoms with Crippen LogP contribution in [0.1, 0.15) is 31.4 Å². The molecule has 1 aliphatic heterocycles. The largest absolute Gasteiger partial charge is 0.359 e. The van der Waals surface area contributed by atoms with Crippen LogP contribution in [0.5, 0.6) is 0 Å². The number of carbonyl (C=O) groups is 1. The highest BCUT2D eigenvalue weighted by molar-refractivity contribution is 5.78. The van der Waals surface area contributed by atoms with Crippen LogP contribution in [0.4, 0.5) is 0 Å². The van der Waals surface area contributed by atoms with Crippen LogP contribution in [0, 0.1) is 5.92 Å². The lowest BCUT2D eigenvalue weighted by atomic mass is 9.92. The number of nitrogens with zero attached hydrogens (tertiary/aromatic N) is 2. The Morgan fingerprint density at radius 1 is 1.40 bits per heavy atom. The van der Waals surface area contributed by atoms with Crippen LogP contribution in [0.3, 0.4) is 0 Å². The van der Waals surface area contributed by atoms with E-state index in [0.29, 0.717) is 0 Å². The molecule has 110 valence electrons. The number of carbonyl (C=O) groups excluding carboxylic acids is 1. The van der Waals surface area contributed by atoms with Gasteiger partial charge in [-0.2, -0.15) is 0 Å². The maximum Gasteiger partial charge on any atom is 0.222 e. The van der Waals surface area contributed by atoms with Crippen molar-refractivity contribution in [3.05, 3.63) is 30.1 Å². The standard InChI is InChI=1S/C15H24N4O/c1-11(16)14(12-3-7-18-8-4-12)19-9-5-13(6-10-19)15(20)17-2/h3-4,7-8,11,13-14H,5-6,9-10,16H2,1-2H3,(H,17,20). The van der Waals surface area contributed by atoms with E-state index in [1.54, 1.807) is 7.05 Å². The lowest BCUT2D eigenvalue weighted by molar-refractivity contribution is -0.126. The van der Waals surface area contributed by atoms with Crippen molar-refractivity contribution >= 4 is 5.91 Å². The minimum atomic E-state index is 0.0500. The van der Waals surface area contributed by atoms with Gasteiger partial charge in [0.2, 0.25) is 5.91 Å². The van der Waals surface area contributed by atoms with Crippen LogP contribution >= 0.6 is 0 Å². The molecule has 1 amide bonds. The zero-order chi connectivity index (χ0) is 14.5. The van der Waals surface area contributed by atoms with E-state index in [2.05, 4.69) is 15.2 Å². The molecule has 1 saturated heterocycles. The molecule has 2 heterocycles. The van der Waals surface area contributed by atoms with Gasteiger partial charge in [-0.3, -0.25) is 14.7 Å². The highest BCUT2D eigenvalue weighted by Crippen LogP contribution is 2.28. The summed E-state index contributed by atoms with van der Waals surface area (Å²) < 4.78 is 0. The first-order chi connectivity index (χ1) is 9.63. The summed E-state index contributed by atoms with van der Waals surface area (Å²) in [7, 11) is 1.70. The van der Waals surface area contributed by atoms with Gasteiger partial charge in [-0.25, -0.2) is 0 Å². The molecule has 0 aliphatic carbocycles. The summed E-state index contributed by atoms with van der Waals surface area (Å²) >= 11 is 0. The smallest absolute Gasteiger partial charge is 0.222 e. The molecule has 2 unspecified atom stereocenters. The highest BCUT2D eigenvalue weighted by atomic mass is 16.1. The molecule has 0 saturated carbocycles. The monoisotopic (exact) mass is 276 g/mol. The van der Waals surface area contributed by atoms with Crippen LogP contribution in [-0.2, 0) is 4.79 Å². The van der Waals surface area contributed by atoms with E-state index in [9.17, 15) is 4.79 Å². The lowest BCUT2D eigenvalue weighted by Gasteiger charge is -2.39. The molecule has 3 N–H and O–H groups in total. The summed E-state index contributed by atoms with van der Waals surface area (Å²) in [4.78, 5) is 18.1. The molecule has 5 heteroatoms. The molecule has 2 atom stereocenters. The first-order valence-electron chi connectivity index (χ1n) is 7.24. The third-order valence-corrected chi connectivity index (χ3v) is 4.09. The molecule has 1 aromatic heterocycles. The summed E-state index contributed by atoms with van der Waals surface area (Å²) in [5.74, 6) is 0.299. The molecular weight excluding hydrogens is 252 g/mol.